The first-order valence-electron chi connectivity index (χ1n) is 6.24. The van der Waals surface area contributed by atoms with Crippen molar-refractivity contribution in [3.63, 3.8) is 0 Å². The van der Waals surface area contributed by atoms with Gasteiger partial charge in [0.25, 0.3) is 0 Å². The Morgan fingerprint density at radius 1 is 1.36 bits per heavy atom. The lowest BCUT2D eigenvalue weighted by Gasteiger charge is -2.04. The summed E-state index contributed by atoms with van der Waals surface area (Å²) < 4.78 is 36.3. The molecule has 22 heavy (non-hydrogen) atoms. The normalized spacial score (nSPS) is 11.4. The summed E-state index contributed by atoms with van der Waals surface area (Å²) >= 11 is 0.800. The maximum absolute atomic E-state index is 13.5. The lowest BCUT2D eigenvalue weighted by molar-refractivity contribution is -0.383. The molecule has 0 radical (unpaired) electrons. The Balaban J connectivity index is 2.14. The largest absolute Gasteiger partial charge is 0.371 e. The average molecular weight is 344 g/mol. The van der Waals surface area contributed by atoms with Crippen molar-refractivity contribution in [3.8, 4) is 0 Å². The Bertz CT molecular complexity index is 802. The van der Waals surface area contributed by atoms with Crippen LogP contribution in [-0.4, -0.2) is 26.1 Å². The van der Waals surface area contributed by atoms with Crippen molar-refractivity contribution < 1.29 is 17.7 Å². The zero-order valence-electron chi connectivity index (χ0n) is 11.6. The summed E-state index contributed by atoms with van der Waals surface area (Å²) in [7, 11) is -3.51. The first-order valence-corrected chi connectivity index (χ1v) is 8.95. The van der Waals surface area contributed by atoms with E-state index in [0.717, 1.165) is 23.7 Å². The van der Waals surface area contributed by atoms with E-state index in [4.69, 9.17) is 0 Å². The van der Waals surface area contributed by atoms with Crippen LogP contribution >= 0.6 is 11.3 Å². The summed E-state index contributed by atoms with van der Waals surface area (Å²) in [5, 5.41) is 13.9. The van der Waals surface area contributed by atoms with Gasteiger partial charge in [0.15, 0.2) is 14.8 Å². The number of hydrogen-bond acceptors (Lipinski definition) is 6. The molecule has 0 unspecified atom stereocenters. The molecule has 1 aromatic heterocycles. The number of hydrogen-bond donors (Lipinski definition) is 1. The predicted molar refractivity (Wildman–Crippen MR) is 82.7 cm³/mol. The van der Waals surface area contributed by atoms with Gasteiger partial charge in [0.1, 0.15) is 10.0 Å². The molecule has 0 aliphatic rings. The lowest BCUT2D eigenvalue weighted by Crippen LogP contribution is -2.06. The highest BCUT2D eigenvalue weighted by molar-refractivity contribution is 7.92. The molecule has 0 aliphatic carbocycles. The summed E-state index contributed by atoms with van der Waals surface area (Å²) in [6.07, 6.45) is 1.32. The van der Waals surface area contributed by atoms with Gasteiger partial charge in [-0.2, -0.15) is 0 Å². The SMILES string of the molecule is CS(=O)(=O)c1cc([N+](=O)[O-])c(NCCc2ccccc2F)s1. The molecule has 0 fully saturated rings. The van der Waals surface area contributed by atoms with Crippen LogP contribution in [-0.2, 0) is 16.3 Å². The van der Waals surface area contributed by atoms with Gasteiger partial charge in [-0.15, -0.1) is 0 Å². The number of benzene rings is 1. The standard InChI is InChI=1S/C13H13FN2O4S2/c1-22(19,20)12-8-11(16(17)18)13(21-12)15-7-6-9-4-2-3-5-10(9)14/h2-5,8,15H,6-7H2,1H3. The van der Waals surface area contributed by atoms with E-state index in [2.05, 4.69) is 5.32 Å². The van der Waals surface area contributed by atoms with E-state index in [1.165, 1.54) is 6.07 Å². The van der Waals surface area contributed by atoms with E-state index in [-0.39, 0.29) is 27.3 Å². The van der Waals surface area contributed by atoms with Crippen molar-refractivity contribution in [2.45, 2.75) is 10.6 Å². The van der Waals surface area contributed by atoms with Gasteiger partial charge in [0.05, 0.1) is 4.92 Å². The van der Waals surface area contributed by atoms with E-state index < -0.39 is 14.8 Å². The first-order chi connectivity index (χ1) is 10.3. The van der Waals surface area contributed by atoms with Crippen LogP contribution < -0.4 is 5.32 Å². The zero-order valence-corrected chi connectivity index (χ0v) is 13.2. The van der Waals surface area contributed by atoms with Crippen molar-refractivity contribution in [1.29, 1.82) is 0 Å². The van der Waals surface area contributed by atoms with Crippen molar-refractivity contribution in [2.75, 3.05) is 18.1 Å². The summed E-state index contributed by atoms with van der Waals surface area (Å²) in [5.41, 5.74) is 0.191. The molecule has 0 amide bonds. The van der Waals surface area contributed by atoms with Crippen LogP contribution in [0.2, 0.25) is 0 Å². The maximum Gasteiger partial charge on any atom is 0.304 e. The summed E-state index contributed by atoms with van der Waals surface area (Å²) in [6, 6.07) is 7.28. The molecule has 0 aliphatic heterocycles. The molecule has 0 atom stereocenters. The highest BCUT2D eigenvalue weighted by Gasteiger charge is 2.23. The number of anilines is 1. The Hall–Kier alpha value is -2.00. The molecule has 118 valence electrons. The topological polar surface area (TPSA) is 89.3 Å². The Labute approximate surface area is 130 Å². The van der Waals surface area contributed by atoms with Crippen LogP contribution in [0.1, 0.15) is 5.56 Å². The fourth-order valence-electron chi connectivity index (χ4n) is 1.82. The van der Waals surface area contributed by atoms with Gasteiger partial charge in [0.2, 0.25) is 0 Å². The maximum atomic E-state index is 13.5. The summed E-state index contributed by atoms with van der Waals surface area (Å²) in [4.78, 5) is 10.3. The number of thiophene rings is 1. The smallest absolute Gasteiger partial charge is 0.304 e. The molecular weight excluding hydrogens is 331 g/mol. The predicted octanol–water partition coefficient (Wildman–Crippen LogP) is 2.85. The molecular formula is C13H13FN2O4S2. The first kappa shape index (κ1) is 16.4. The van der Waals surface area contributed by atoms with Crippen molar-refractivity contribution in [3.05, 3.63) is 51.8 Å². The summed E-state index contributed by atoms with van der Waals surface area (Å²) in [5.74, 6) is -0.346. The number of sulfone groups is 1. The van der Waals surface area contributed by atoms with Crippen molar-refractivity contribution >= 4 is 31.9 Å². The average Bonchev–Trinajstić information content (AvgIpc) is 2.85. The van der Waals surface area contributed by atoms with E-state index in [1.807, 2.05) is 0 Å². The van der Waals surface area contributed by atoms with Crippen LogP contribution in [0, 0.1) is 15.9 Å². The number of nitrogens with one attached hydrogen (secondary N) is 1. The minimum atomic E-state index is -3.51. The molecule has 1 N–H and O–H groups in total. The molecule has 2 rings (SSSR count). The Morgan fingerprint density at radius 2 is 2.05 bits per heavy atom. The molecule has 6 nitrogen and oxygen atoms in total. The molecule has 1 aromatic carbocycles. The van der Waals surface area contributed by atoms with E-state index in [1.54, 1.807) is 18.2 Å². The number of nitro groups is 1. The minimum Gasteiger partial charge on any atom is -0.371 e. The summed E-state index contributed by atoms with van der Waals surface area (Å²) in [6.45, 7) is 0.255. The number of nitrogens with zero attached hydrogens (tertiary/aromatic N) is 1. The second-order valence-electron chi connectivity index (χ2n) is 4.58. The molecule has 0 spiro atoms. The number of halogens is 1. The van der Waals surface area contributed by atoms with Gasteiger partial charge >= 0.3 is 5.69 Å². The van der Waals surface area contributed by atoms with Gasteiger partial charge in [-0.05, 0) is 18.1 Å². The lowest BCUT2D eigenvalue weighted by atomic mass is 10.1. The van der Waals surface area contributed by atoms with Crippen LogP contribution in [0.3, 0.4) is 0 Å². The minimum absolute atomic E-state index is 0.0763. The van der Waals surface area contributed by atoms with E-state index in [9.17, 15) is 22.9 Å². The third-order valence-corrected chi connectivity index (χ3v) is 5.77. The van der Waals surface area contributed by atoms with Crippen molar-refractivity contribution in [1.82, 2.24) is 0 Å². The van der Waals surface area contributed by atoms with Gasteiger partial charge in [-0.3, -0.25) is 10.1 Å². The quantitative estimate of drug-likeness (QED) is 0.643. The molecule has 9 heteroatoms. The van der Waals surface area contributed by atoms with Crippen LogP contribution in [0.15, 0.2) is 34.5 Å². The van der Waals surface area contributed by atoms with Gasteiger partial charge in [-0.25, -0.2) is 12.8 Å². The van der Waals surface area contributed by atoms with Crippen LogP contribution in [0.25, 0.3) is 0 Å². The van der Waals surface area contributed by atoms with E-state index >= 15 is 0 Å². The second-order valence-corrected chi connectivity index (χ2v) is 7.87. The molecule has 0 saturated carbocycles. The van der Waals surface area contributed by atoms with Gasteiger partial charge in [0, 0.05) is 18.9 Å². The number of rotatable bonds is 6. The molecule has 0 bridgehead atoms. The zero-order chi connectivity index (χ0) is 16.3. The van der Waals surface area contributed by atoms with E-state index in [0.29, 0.717) is 12.0 Å². The van der Waals surface area contributed by atoms with Gasteiger partial charge < -0.3 is 5.32 Å². The Kier molecular flexibility index (Phi) is 4.77. The fourth-order valence-corrected chi connectivity index (χ4v) is 3.78. The Morgan fingerprint density at radius 3 is 2.64 bits per heavy atom. The highest BCUT2D eigenvalue weighted by Crippen LogP contribution is 2.36. The van der Waals surface area contributed by atoms with Crippen LogP contribution in [0.4, 0.5) is 15.1 Å². The fraction of sp³-hybridized carbons (Fsp3) is 0.231. The third kappa shape index (κ3) is 3.80. The molecule has 2 aromatic rings. The monoisotopic (exact) mass is 344 g/mol. The highest BCUT2D eigenvalue weighted by atomic mass is 32.2. The van der Waals surface area contributed by atoms with Gasteiger partial charge in [-0.1, -0.05) is 29.5 Å². The van der Waals surface area contributed by atoms with Crippen LogP contribution in [0.5, 0.6) is 0 Å². The van der Waals surface area contributed by atoms with Crippen molar-refractivity contribution in [2.24, 2.45) is 0 Å². The molecule has 0 saturated heterocycles. The molecule has 1 heterocycles. The second kappa shape index (κ2) is 6.41. The third-order valence-electron chi connectivity index (χ3n) is 2.89.